The minimum Gasteiger partial charge on any atom is -0.394 e. The number of carbonyl (C=O) groups excluding carboxylic acids is 1. The smallest absolute Gasteiger partial charge is 0.226 e. The number of rotatable bonds is 8. The molecule has 3 aromatic heterocycles. The monoisotopic (exact) mass is 422 g/mol. The minimum atomic E-state index is -0.423. The Kier molecular flexibility index (Phi) is 6.96. The molecule has 0 aromatic carbocycles. The first-order valence-corrected chi connectivity index (χ1v) is 10.5. The lowest BCUT2D eigenvalue weighted by Gasteiger charge is -2.36. The van der Waals surface area contributed by atoms with Crippen LogP contribution in [0.25, 0.3) is 11.3 Å². The van der Waals surface area contributed by atoms with Crippen molar-refractivity contribution in [3.05, 3.63) is 60.8 Å². The van der Waals surface area contributed by atoms with Crippen LogP contribution in [0, 0.1) is 0 Å². The van der Waals surface area contributed by atoms with E-state index >= 15 is 0 Å². The Bertz CT molecular complexity index is 966. The largest absolute Gasteiger partial charge is 0.394 e. The lowest BCUT2D eigenvalue weighted by atomic mass is 9.97. The summed E-state index contributed by atoms with van der Waals surface area (Å²) in [5.41, 5.74) is 2.42. The van der Waals surface area contributed by atoms with Crippen molar-refractivity contribution >= 4 is 5.91 Å². The zero-order valence-corrected chi connectivity index (χ0v) is 17.2. The molecule has 0 unspecified atom stereocenters. The molecule has 0 radical (unpaired) electrons. The second-order valence-corrected chi connectivity index (χ2v) is 7.63. The van der Waals surface area contributed by atoms with Crippen LogP contribution in [-0.4, -0.2) is 60.8 Å². The molecule has 9 heteroatoms. The maximum Gasteiger partial charge on any atom is 0.226 e. The molecule has 1 aliphatic heterocycles. The van der Waals surface area contributed by atoms with E-state index in [0.29, 0.717) is 12.2 Å². The van der Waals surface area contributed by atoms with Crippen LogP contribution >= 0.6 is 0 Å². The van der Waals surface area contributed by atoms with Gasteiger partial charge in [-0.25, -0.2) is 0 Å². The van der Waals surface area contributed by atoms with Gasteiger partial charge in [-0.3, -0.25) is 19.4 Å². The fourth-order valence-corrected chi connectivity index (χ4v) is 3.76. The van der Waals surface area contributed by atoms with Gasteiger partial charge in [0, 0.05) is 36.4 Å². The van der Waals surface area contributed by atoms with Crippen LogP contribution in [0.4, 0.5) is 0 Å². The molecule has 0 saturated carbocycles. The molecular formula is C22H26N6O3. The van der Waals surface area contributed by atoms with E-state index in [4.69, 9.17) is 4.74 Å². The van der Waals surface area contributed by atoms with Crippen LogP contribution in [0.5, 0.6) is 0 Å². The third kappa shape index (κ3) is 5.71. The highest BCUT2D eigenvalue weighted by Gasteiger charge is 2.31. The van der Waals surface area contributed by atoms with Gasteiger partial charge >= 0.3 is 0 Å². The number of carbonyl (C=O) groups is 1. The molecule has 162 valence electrons. The second kappa shape index (κ2) is 10.2. The topological polar surface area (TPSA) is 115 Å². The minimum absolute atomic E-state index is 0.00728. The van der Waals surface area contributed by atoms with Crippen molar-refractivity contribution in [2.75, 3.05) is 6.61 Å². The lowest BCUT2D eigenvalue weighted by Crippen LogP contribution is -2.51. The predicted molar refractivity (Wildman–Crippen MR) is 113 cm³/mol. The summed E-state index contributed by atoms with van der Waals surface area (Å²) in [6.07, 6.45) is 9.13. The molecule has 0 bridgehead atoms. The van der Waals surface area contributed by atoms with Gasteiger partial charge in [-0.15, -0.1) is 5.10 Å². The fraction of sp³-hybridized carbons (Fsp3) is 0.409. The summed E-state index contributed by atoms with van der Waals surface area (Å²) < 4.78 is 7.85. The summed E-state index contributed by atoms with van der Waals surface area (Å²) in [4.78, 5) is 20.6. The average molecular weight is 422 g/mol. The maximum atomic E-state index is 12.3. The van der Waals surface area contributed by atoms with Crippen molar-refractivity contribution < 1.29 is 14.6 Å². The SMILES string of the molecule is O=C(Cc1ccccn1)N[C@@H]1CC[C@H](CCn2cc(-c3cccnc3)nn2)O[C@H]1CO. The molecule has 1 aliphatic rings. The Balaban J connectivity index is 1.26. The van der Waals surface area contributed by atoms with Gasteiger partial charge in [-0.2, -0.15) is 0 Å². The number of amides is 1. The van der Waals surface area contributed by atoms with Crippen molar-refractivity contribution in [2.24, 2.45) is 0 Å². The van der Waals surface area contributed by atoms with Crippen LogP contribution in [-0.2, 0) is 22.5 Å². The first kappa shape index (κ1) is 21.1. The van der Waals surface area contributed by atoms with Crippen molar-refractivity contribution in [1.82, 2.24) is 30.3 Å². The standard InChI is InChI=1S/C22H26N6O3/c29-15-21-19(25-22(30)12-17-5-1-2-10-24-17)7-6-18(31-21)8-11-28-14-20(26-27-28)16-4-3-9-23-13-16/h1-5,9-10,13-14,18-19,21,29H,6-8,11-12,15H2,(H,25,30)/t18-,19-,21+/m1/s1. The molecule has 3 atom stereocenters. The molecular weight excluding hydrogens is 396 g/mol. The van der Waals surface area contributed by atoms with Gasteiger partial charge in [-0.1, -0.05) is 11.3 Å². The normalized spacial score (nSPS) is 21.0. The number of ether oxygens (including phenoxy) is 1. The second-order valence-electron chi connectivity index (χ2n) is 7.63. The summed E-state index contributed by atoms with van der Waals surface area (Å²) in [5, 5.41) is 21.1. The van der Waals surface area contributed by atoms with Crippen molar-refractivity contribution in [2.45, 2.75) is 50.5 Å². The first-order chi connectivity index (χ1) is 15.2. The third-order valence-electron chi connectivity index (χ3n) is 5.39. The van der Waals surface area contributed by atoms with Crippen molar-refractivity contribution in [1.29, 1.82) is 0 Å². The fourth-order valence-electron chi connectivity index (χ4n) is 3.76. The number of aliphatic hydroxyl groups is 1. The summed E-state index contributed by atoms with van der Waals surface area (Å²) in [6, 6.07) is 9.10. The highest BCUT2D eigenvalue weighted by molar-refractivity contribution is 5.78. The van der Waals surface area contributed by atoms with Gasteiger partial charge in [0.2, 0.25) is 5.91 Å². The predicted octanol–water partition coefficient (Wildman–Crippen LogP) is 1.39. The molecule has 9 nitrogen and oxygen atoms in total. The van der Waals surface area contributed by atoms with E-state index in [1.807, 2.05) is 36.5 Å². The molecule has 0 aliphatic carbocycles. The van der Waals surface area contributed by atoms with Gasteiger partial charge in [0.15, 0.2) is 0 Å². The molecule has 0 spiro atoms. The lowest BCUT2D eigenvalue weighted by molar-refractivity contribution is -0.128. The highest BCUT2D eigenvalue weighted by atomic mass is 16.5. The number of aryl methyl sites for hydroxylation is 1. The van der Waals surface area contributed by atoms with Gasteiger partial charge in [0.05, 0.1) is 31.4 Å². The number of nitrogens with one attached hydrogen (secondary N) is 1. The summed E-state index contributed by atoms with van der Waals surface area (Å²) in [6.45, 7) is 0.520. The Labute approximate surface area is 180 Å². The number of hydrogen-bond acceptors (Lipinski definition) is 7. The van der Waals surface area contributed by atoms with Crippen LogP contribution in [0.3, 0.4) is 0 Å². The number of pyridine rings is 2. The van der Waals surface area contributed by atoms with E-state index in [2.05, 4.69) is 25.6 Å². The zero-order chi connectivity index (χ0) is 21.5. The number of nitrogens with zero attached hydrogens (tertiary/aromatic N) is 5. The molecule has 1 saturated heterocycles. The molecule has 2 N–H and O–H groups in total. The van der Waals surface area contributed by atoms with Crippen LogP contribution in [0.1, 0.15) is 25.0 Å². The number of hydrogen-bond donors (Lipinski definition) is 2. The molecule has 31 heavy (non-hydrogen) atoms. The summed E-state index contributed by atoms with van der Waals surface area (Å²) in [5.74, 6) is -0.116. The Morgan fingerprint density at radius 1 is 1.23 bits per heavy atom. The Morgan fingerprint density at radius 3 is 2.94 bits per heavy atom. The van der Waals surface area contributed by atoms with E-state index < -0.39 is 6.10 Å². The van der Waals surface area contributed by atoms with Crippen LogP contribution < -0.4 is 5.32 Å². The molecule has 3 aromatic rings. The molecule has 1 fully saturated rings. The Hall–Kier alpha value is -3.17. The van der Waals surface area contributed by atoms with Gasteiger partial charge in [0.25, 0.3) is 0 Å². The first-order valence-electron chi connectivity index (χ1n) is 10.5. The average Bonchev–Trinajstić information content (AvgIpc) is 3.29. The van der Waals surface area contributed by atoms with Crippen molar-refractivity contribution in [3.8, 4) is 11.3 Å². The third-order valence-corrected chi connectivity index (χ3v) is 5.39. The van der Waals surface area contributed by atoms with E-state index in [-0.39, 0.29) is 31.1 Å². The molecule has 4 rings (SSSR count). The Morgan fingerprint density at radius 2 is 2.16 bits per heavy atom. The molecule has 4 heterocycles. The summed E-state index contributed by atoms with van der Waals surface area (Å²) >= 11 is 0. The van der Waals surface area contributed by atoms with Gasteiger partial charge in [0.1, 0.15) is 11.8 Å². The summed E-state index contributed by atoms with van der Waals surface area (Å²) in [7, 11) is 0. The van der Waals surface area contributed by atoms with E-state index in [9.17, 15) is 9.90 Å². The number of aromatic nitrogens is 5. The highest BCUT2D eigenvalue weighted by Crippen LogP contribution is 2.23. The molecule has 1 amide bonds. The van der Waals surface area contributed by atoms with E-state index in [1.165, 1.54) is 0 Å². The maximum absolute atomic E-state index is 12.3. The van der Waals surface area contributed by atoms with E-state index in [1.54, 1.807) is 23.3 Å². The van der Waals surface area contributed by atoms with E-state index in [0.717, 1.165) is 30.5 Å². The van der Waals surface area contributed by atoms with Gasteiger partial charge in [-0.05, 0) is 43.5 Å². The van der Waals surface area contributed by atoms with Crippen molar-refractivity contribution in [3.63, 3.8) is 0 Å². The quantitative estimate of drug-likeness (QED) is 0.564. The zero-order valence-electron chi connectivity index (χ0n) is 17.2. The van der Waals surface area contributed by atoms with Crippen LogP contribution in [0.2, 0.25) is 0 Å². The van der Waals surface area contributed by atoms with Gasteiger partial charge < -0.3 is 15.2 Å². The van der Waals surface area contributed by atoms with Crippen LogP contribution in [0.15, 0.2) is 55.1 Å². The number of aliphatic hydroxyl groups excluding tert-OH is 1.